The van der Waals surface area contributed by atoms with Gasteiger partial charge in [0.1, 0.15) is 17.3 Å². The minimum atomic E-state index is -0.110. The molecule has 1 aromatic heterocycles. The lowest BCUT2D eigenvalue weighted by molar-refractivity contribution is 0.0574. The summed E-state index contributed by atoms with van der Waals surface area (Å²) in [5.74, 6) is 1.22. The summed E-state index contributed by atoms with van der Waals surface area (Å²) >= 11 is 6.54. The van der Waals surface area contributed by atoms with E-state index in [2.05, 4.69) is 17.4 Å². The number of halogens is 1. The Balaban J connectivity index is 1.81. The van der Waals surface area contributed by atoms with Gasteiger partial charge >= 0.3 is 0 Å². The van der Waals surface area contributed by atoms with Gasteiger partial charge in [-0.15, -0.1) is 0 Å². The van der Waals surface area contributed by atoms with Gasteiger partial charge in [-0.1, -0.05) is 42.8 Å². The van der Waals surface area contributed by atoms with Crippen LogP contribution in [0.2, 0.25) is 5.02 Å². The first-order valence-corrected chi connectivity index (χ1v) is 11.8. The second-order valence-electron chi connectivity index (χ2n) is 8.02. The lowest BCUT2D eigenvalue weighted by Gasteiger charge is -2.25. The van der Waals surface area contributed by atoms with Crippen LogP contribution in [0.5, 0.6) is 5.75 Å². The number of fused-ring (bicyclic) bond motifs is 1. The molecule has 0 saturated carbocycles. The highest BCUT2D eigenvalue weighted by Crippen LogP contribution is 2.36. The van der Waals surface area contributed by atoms with Crippen molar-refractivity contribution in [2.75, 3.05) is 19.0 Å². The Bertz CT molecular complexity index is 1210. The van der Waals surface area contributed by atoms with Crippen molar-refractivity contribution < 1.29 is 9.47 Å². The second kappa shape index (κ2) is 9.98. The van der Waals surface area contributed by atoms with E-state index in [9.17, 15) is 4.79 Å². The fourth-order valence-corrected chi connectivity index (χ4v) is 4.81. The minimum Gasteiger partial charge on any atom is -0.497 e. The summed E-state index contributed by atoms with van der Waals surface area (Å²) in [5, 5.41) is 4.03. The van der Waals surface area contributed by atoms with Crippen molar-refractivity contribution in [1.29, 1.82) is 0 Å². The van der Waals surface area contributed by atoms with Crippen molar-refractivity contribution in [3.63, 3.8) is 0 Å². The maximum atomic E-state index is 13.7. The quantitative estimate of drug-likeness (QED) is 0.489. The summed E-state index contributed by atoms with van der Waals surface area (Å²) < 4.78 is 13.0. The van der Waals surface area contributed by atoms with Crippen LogP contribution in [0, 0.1) is 0 Å². The second-order valence-corrected chi connectivity index (χ2v) is 8.43. The average Bonchev–Trinajstić information content (AvgIpc) is 3.17. The summed E-state index contributed by atoms with van der Waals surface area (Å²) in [6.45, 7) is 7.03. The molecule has 33 heavy (non-hydrogen) atoms. The zero-order chi connectivity index (χ0) is 23.5. The Kier molecular flexibility index (Phi) is 7.05. The number of methoxy groups -OCH3 is 1. The maximum absolute atomic E-state index is 13.7. The van der Waals surface area contributed by atoms with Gasteiger partial charge in [0, 0.05) is 25.1 Å². The predicted octanol–water partition coefficient (Wildman–Crippen LogP) is 5.27. The number of benzene rings is 2. The third-order valence-corrected chi connectivity index (χ3v) is 6.49. The van der Waals surface area contributed by atoms with Gasteiger partial charge in [-0.05, 0) is 49.6 Å². The summed E-state index contributed by atoms with van der Waals surface area (Å²) in [6.07, 6.45) is 1.39. The van der Waals surface area contributed by atoms with Gasteiger partial charge in [0.05, 0.1) is 30.0 Å². The van der Waals surface area contributed by atoms with E-state index in [1.165, 1.54) is 11.1 Å². The third kappa shape index (κ3) is 4.37. The zero-order valence-corrected chi connectivity index (χ0v) is 20.3. The van der Waals surface area contributed by atoms with Gasteiger partial charge in [0.2, 0.25) is 0 Å². The number of rotatable bonds is 8. The van der Waals surface area contributed by atoms with Crippen LogP contribution in [0.1, 0.15) is 43.6 Å². The molecule has 1 aliphatic rings. The fourth-order valence-electron chi connectivity index (χ4n) is 4.56. The molecule has 2 atom stereocenters. The molecule has 0 aliphatic heterocycles. The first-order chi connectivity index (χ1) is 16.0. The molecule has 1 aliphatic carbocycles. The standard InChI is InChI=1S/C26H30ClN3O3/c1-5-21-24(29-23-18-11-9-8-10-16(18)14-22(23)33-7-3)26(31)30(6-2)25(28-21)19-13-12-17(32-4)15-20(19)27/h8-13,15,22-23,29H,5-7,14H2,1-4H3/t22-,23+/m0/s1. The summed E-state index contributed by atoms with van der Waals surface area (Å²) in [6, 6.07) is 13.6. The van der Waals surface area contributed by atoms with Crippen molar-refractivity contribution in [3.8, 4) is 17.1 Å². The van der Waals surface area contributed by atoms with Crippen LogP contribution in [0.25, 0.3) is 11.4 Å². The number of aryl methyl sites for hydroxylation is 1. The molecule has 2 aromatic carbocycles. The van der Waals surface area contributed by atoms with Crippen molar-refractivity contribution in [2.45, 2.75) is 52.3 Å². The molecule has 3 aromatic rings. The Morgan fingerprint density at radius 2 is 1.97 bits per heavy atom. The van der Waals surface area contributed by atoms with E-state index < -0.39 is 0 Å². The number of anilines is 1. The lowest BCUT2D eigenvalue weighted by Crippen LogP contribution is -2.32. The van der Waals surface area contributed by atoms with Gasteiger partial charge in [-0.2, -0.15) is 0 Å². The summed E-state index contributed by atoms with van der Waals surface area (Å²) in [7, 11) is 1.60. The Morgan fingerprint density at radius 1 is 1.18 bits per heavy atom. The smallest absolute Gasteiger partial charge is 0.277 e. The molecular formula is C26H30ClN3O3. The third-order valence-electron chi connectivity index (χ3n) is 6.18. The van der Waals surface area contributed by atoms with E-state index in [0.717, 1.165) is 6.42 Å². The monoisotopic (exact) mass is 467 g/mol. The first-order valence-electron chi connectivity index (χ1n) is 11.5. The highest BCUT2D eigenvalue weighted by atomic mass is 35.5. The van der Waals surface area contributed by atoms with Crippen molar-refractivity contribution in [2.24, 2.45) is 0 Å². The molecule has 0 unspecified atom stereocenters. The molecule has 6 nitrogen and oxygen atoms in total. The van der Waals surface area contributed by atoms with E-state index in [0.29, 0.717) is 53.1 Å². The van der Waals surface area contributed by atoms with Gasteiger partial charge in [-0.25, -0.2) is 4.98 Å². The molecule has 0 saturated heterocycles. The lowest BCUT2D eigenvalue weighted by atomic mass is 10.1. The van der Waals surface area contributed by atoms with Crippen LogP contribution < -0.4 is 15.6 Å². The number of ether oxygens (including phenoxy) is 2. The van der Waals surface area contributed by atoms with Crippen LogP contribution in [0.3, 0.4) is 0 Å². The molecular weight excluding hydrogens is 438 g/mol. The first kappa shape index (κ1) is 23.3. The molecule has 0 spiro atoms. The van der Waals surface area contributed by atoms with Crippen LogP contribution in [-0.2, 0) is 24.1 Å². The SMILES string of the molecule is CCO[C@H]1Cc2ccccc2[C@H]1Nc1c(CC)nc(-c2ccc(OC)cc2Cl)n(CC)c1=O. The molecule has 1 heterocycles. The van der Waals surface area contributed by atoms with Gasteiger partial charge in [0.15, 0.2) is 0 Å². The summed E-state index contributed by atoms with van der Waals surface area (Å²) in [5.41, 5.74) is 4.26. The highest BCUT2D eigenvalue weighted by molar-refractivity contribution is 6.33. The Morgan fingerprint density at radius 3 is 2.64 bits per heavy atom. The van der Waals surface area contributed by atoms with Crippen molar-refractivity contribution in [1.82, 2.24) is 9.55 Å². The van der Waals surface area contributed by atoms with Gasteiger partial charge in [0.25, 0.3) is 5.56 Å². The predicted molar refractivity (Wildman–Crippen MR) is 132 cm³/mol. The number of hydrogen-bond donors (Lipinski definition) is 1. The minimum absolute atomic E-state index is 0.0395. The molecule has 1 N–H and O–H groups in total. The molecule has 174 valence electrons. The molecule has 0 radical (unpaired) electrons. The van der Waals surface area contributed by atoms with Crippen LogP contribution in [0.15, 0.2) is 47.3 Å². The normalized spacial score (nSPS) is 17.1. The fraction of sp³-hybridized carbons (Fsp3) is 0.385. The van der Waals surface area contributed by atoms with Crippen molar-refractivity contribution >= 4 is 17.3 Å². The molecule has 0 fully saturated rings. The van der Waals surface area contributed by atoms with Gasteiger partial charge < -0.3 is 14.8 Å². The average molecular weight is 468 g/mol. The highest BCUT2D eigenvalue weighted by Gasteiger charge is 2.34. The number of nitrogens with zero attached hydrogens (tertiary/aromatic N) is 2. The van der Waals surface area contributed by atoms with E-state index in [1.807, 2.05) is 45.0 Å². The largest absolute Gasteiger partial charge is 0.497 e. The van der Waals surface area contributed by atoms with E-state index >= 15 is 0 Å². The number of hydrogen-bond acceptors (Lipinski definition) is 5. The van der Waals surface area contributed by atoms with Crippen molar-refractivity contribution in [3.05, 3.63) is 74.7 Å². The summed E-state index contributed by atoms with van der Waals surface area (Å²) in [4.78, 5) is 18.6. The van der Waals surface area contributed by atoms with E-state index in [1.54, 1.807) is 17.7 Å². The van der Waals surface area contributed by atoms with Crippen LogP contribution in [0.4, 0.5) is 5.69 Å². The molecule has 7 heteroatoms. The molecule has 0 amide bonds. The molecule has 4 rings (SSSR count). The topological polar surface area (TPSA) is 65.4 Å². The van der Waals surface area contributed by atoms with E-state index in [-0.39, 0.29) is 17.7 Å². The van der Waals surface area contributed by atoms with Gasteiger partial charge in [-0.3, -0.25) is 9.36 Å². The molecule has 0 bridgehead atoms. The Hall–Kier alpha value is -2.83. The van der Waals surface area contributed by atoms with Crippen LogP contribution >= 0.6 is 11.6 Å². The maximum Gasteiger partial charge on any atom is 0.277 e. The van der Waals surface area contributed by atoms with E-state index in [4.69, 9.17) is 26.1 Å². The van der Waals surface area contributed by atoms with Crippen LogP contribution in [-0.4, -0.2) is 29.4 Å². The zero-order valence-electron chi connectivity index (χ0n) is 19.5. The Labute approximate surface area is 199 Å². The number of nitrogens with one attached hydrogen (secondary N) is 1. The number of aromatic nitrogens is 2.